The largest absolute Gasteiger partial charge is 0.507 e. The highest BCUT2D eigenvalue weighted by atomic mass is 35.5. The predicted molar refractivity (Wildman–Crippen MR) is 227 cm³/mol. The van der Waals surface area contributed by atoms with E-state index in [1.54, 1.807) is 32.1 Å². The van der Waals surface area contributed by atoms with E-state index in [4.69, 9.17) is 35.0 Å². The maximum Gasteiger partial charge on any atom is 0.364 e. The van der Waals surface area contributed by atoms with Crippen LogP contribution in [0.1, 0.15) is 86.6 Å². The summed E-state index contributed by atoms with van der Waals surface area (Å²) in [5, 5.41) is 81.0. The fraction of sp³-hybridized carbons (Fsp3) is 0.391. The topological polar surface area (TPSA) is 309 Å². The zero-order chi connectivity index (χ0) is 47.8. The molecule has 8 N–H and O–H groups in total. The lowest BCUT2D eigenvalue weighted by atomic mass is 9.50. The second kappa shape index (κ2) is 16.6. The van der Waals surface area contributed by atoms with E-state index in [-0.39, 0.29) is 64.1 Å². The molecule has 1 aromatic heterocycles. The Hall–Kier alpha value is -6.19. The molecular formula is C46H44ClNO18. The average Bonchev–Trinajstić information content (AvgIpc) is 3.98. The second-order valence-corrected chi connectivity index (χ2v) is 17.4. The van der Waals surface area contributed by atoms with Crippen molar-refractivity contribution in [2.45, 2.75) is 112 Å². The third kappa shape index (κ3) is 6.95. The number of Topliss-reactive ketones (excluding diaryl/α,β-unsaturated/α-hetero) is 1. The van der Waals surface area contributed by atoms with Gasteiger partial charge in [0, 0.05) is 55.4 Å². The number of hydrogen-bond donors (Lipinski definition) is 8. The lowest BCUT2D eigenvalue weighted by Gasteiger charge is -2.54. The summed E-state index contributed by atoms with van der Waals surface area (Å²) in [5.74, 6) is -5.82. The molecule has 348 valence electrons. The van der Waals surface area contributed by atoms with Crippen molar-refractivity contribution in [3.05, 3.63) is 105 Å². The van der Waals surface area contributed by atoms with Gasteiger partial charge in [0.1, 0.15) is 34.3 Å². The molecule has 1 amide bonds. The van der Waals surface area contributed by atoms with Gasteiger partial charge in [0.25, 0.3) is 0 Å². The number of esters is 2. The minimum absolute atomic E-state index is 0.00223. The van der Waals surface area contributed by atoms with Gasteiger partial charge in [-0.15, -0.1) is 0 Å². The van der Waals surface area contributed by atoms with Gasteiger partial charge in [0.05, 0.1) is 23.7 Å². The Morgan fingerprint density at radius 2 is 1.71 bits per heavy atom. The molecule has 0 spiro atoms. The molecule has 66 heavy (non-hydrogen) atoms. The maximum atomic E-state index is 14.4. The second-order valence-electron chi connectivity index (χ2n) is 17.0. The van der Waals surface area contributed by atoms with E-state index < -0.39 is 118 Å². The summed E-state index contributed by atoms with van der Waals surface area (Å²) in [6.45, 7) is 4.24. The number of rotatable bonds is 10. The highest BCUT2D eigenvalue weighted by Crippen LogP contribution is 2.74. The zero-order valence-corrected chi connectivity index (χ0v) is 36.1. The van der Waals surface area contributed by atoms with Crippen LogP contribution in [-0.2, 0) is 38.1 Å². The third-order valence-electron chi connectivity index (χ3n) is 12.9. The monoisotopic (exact) mass is 933 g/mol. The fourth-order valence-electron chi connectivity index (χ4n) is 9.94. The lowest BCUT2D eigenvalue weighted by Crippen LogP contribution is -2.78. The summed E-state index contributed by atoms with van der Waals surface area (Å²) in [4.78, 5) is 77.9. The first-order valence-electron chi connectivity index (χ1n) is 20.8. The Morgan fingerprint density at radius 3 is 2.44 bits per heavy atom. The highest BCUT2D eigenvalue weighted by molar-refractivity contribution is 6.36. The number of phenolic OH excluding ortho intramolecular Hbond substituents is 2. The summed E-state index contributed by atoms with van der Waals surface area (Å²) >= 11 is 5.95. The van der Waals surface area contributed by atoms with E-state index in [9.17, 15) is 64.5 Å². The Kier molecular flexibility index (Phi) is 11.7. The molecule has 10 atom stereocenters. The minimum Gasteiger partial charge on any atom is -0.507 e. The molecule has 3 aromatic rings. The number of halogens is 1. The van der Waals surface area contributed by atoms with Crippen LogP contribution in [0.15, 0.2) is 81.6 Å². The van der Waals surface area contributed by atoms with Gasteiger partial charge in [-0.1, -0.05) is 59.7 Å². The van der Waals surface area contributed by atoms with Crippen molar-refractivity contribution < 1.29 is 83.1 Å². The van der Waals surface area contributed by atoms with Crippen LogP contribution in [0.2, 0.25) is 5.02 Å². The van der Waals surface area contributed by atoms with Crippen molar-refractivity contribution >= 4 is 57.7 Å². The maximum absolute atomic E-state index is 14.4. The number of phenols is 2. The number of carbonyl (C=O) groups excluding carboxylic acids is 5. The van der Waals surface area contributed by atoms with E-state index in [1.807, 2.05) is 0 Å². The van der Waals surface area contributed by atoms with Crippen molar-refractivity contribution in [1.82, 2.24) is 0 Å². The Labute approximate surface area is 378 Å². The van der Waals surface area contributed by atoms with Gasteiger partial charge in [-0.2, -0.15) is 0 Å². The lowest BCUT2D eigenvalue weighted by molar-refractivity contribution is -0.210. The quantitative estimate of drug-likeness (QED) is 0.0476. The number of anilines is 1. The standard InChI is InChI=1S/C46H44ClNO18/c1-20-16-29(51)45(61)43(60,18-20)19-30(52)44-41(58)33-24(40(57)46(44,45)66-44)13-12-23(36(33)55)27-17-28(38(21(2)62-27)63-22(3)49)64-32(54)11-9-7-5-4-6-8-10-31(53)48-35-37(56)25-14-15-26(50)34(47)39(25)65-42(35)59/h4-7,9,11-16,21,27-28,30,38,41,50,52,55-56,58,60-61H,8,10,17-19H2,1-3H3,(H,48,53)/b6-4+,7-5+,11-9+/t21-,27-,28-,30+,38-,41+,43-,44+,45-,46-/m1/s1. The van der Waals surface area contributed by atoms with E-state index in [0.29, 0.717) is 5.57 Å². The molecule has 0 unspecified atom stereocenters. The van der Waals surface area contributed by atoms with Crippen molar-refractivity contribution in [3.63, 3.8) is 0 Å². The number of fused-ring (bicyclic) bond motifs is 3. The number of aliphatic hydroxyl groups excluding tert-OH is 2. The smallest absolute Gasteiger partial charge is 0.364 e. The van der Waals surface area contributed by atoms with Crippen LogP contribution in [-0.4, -0.2) is 112 Å². The number of ether oxygens (including phenoxy) is 4. The number of nitrogens with one attached hydrogen (secondary N) is 1. The Morgan fingerprint density at radius 1 is 0.985 bits per heavy atom. The molecule has 8 rings (SSSR count). The number of aromatic hydroxyl groups is 3. The first kappa shape index (κ1) is 46.3. The normalized spacial score (nSPS) is 32.4. The van der Waals surface area contributed by atoms with Gasteiger partial charge in [-0.3, -0.25) is 19.2 Å². The summed E-state index contributed by atoms with van der Waals surface area (Å²) in [7, 11) is 0. The van der Waals surface area contributed by atoms with E-state index in [1.165, 1.54) is 36.4 Å². The molecule has 2 aliphatic heterocycles. The Balaban J connectivity index is 0.925. The number of aliphatic hydroxyl groups is 4. The molecule has 19 nitrogen and oxygen atoms in total. The van der Waals surface area contributed by atoms with Crippen molar-refractivity contribution in [2.24, 2.45) is 0 Å². The molecule has 2 saturated heterocycles. The first-order valence-corrected chi connectivity index (χ1v) is 21.1. The number of hydrogen-bond acceptors (Lipinski definition) is 18. The van der Waals surface area contributed by atoms with Crippen LogP contribution >= 0.6 is 11.6 Å². The van der Waals surface area contributed by atoms with Crippen LogP contribution < -0.4 is 10.9 Å². The summed E-state index contributed by atoms with van der Waals surface area (Å²) in [5.41, 5.74) is -12.2. The van der Waals surface area contributed by atoms with Gasteiger partial charge in [0.15, 0.2) is 40.1 Å². The van der Waals surface area contributed by atoms with Gasteiger partial charge >= 0.3 is 17.6 Å². The average molecular weight is 934 g/mol. The molecular weight excluding hydrogens is 890 g/mol. The number of carbonyl (C=O) groups is 5. The van der Waals surface area contributed by atoms with Gasteiger partial charge in [-0.05, 0) is 38.5 Å². The minimum atomic E-state index is -2.88. The number of allylic oxidation sites excluding steroid dienone is 5. The molecule has 3 heterocycles. The van der Waals surface area contributed by atoms with Crippen molar-refractivity contribution in [1.29, 1.82) is 0 Å². The summed E-state index contributed by atoms with van der Waals surface area (Å²) < 4.78 is 28.2. The van der Waals surface area contributed by atoms with Gasteiger partial charge in [-0.25, -0.2) is 9.59 Å². The van der Waals surface area contributed by atoms with Crippen LogP contribution in [0.3, 0.4) is 0 Å². The Bertz CT molecular complexity index is 2790. The van der Waals surface area contributed by atoms with Crippen LogP contribution in [0.4, 0.5) is 5.69 Å². The van der Waals surface area contributed by atoms with Crippen LogP contribution in [0.25, 0.3) is 11.0 Å². The highest BCUT2D eigenvalue weighted by Gasteiger charge is 2.96. The van der Waals surface area contributed by atoms with Gasteiger partial charge < -0.3 is 64.4 Å². The molecule has 2 aromatic carbocycles. The fourth-order valence-corrected chi connectivity index (χ4v) is 10.1. The van der Waals surface area contributed by atoms with Crippen LogP contribution in [0.5, 0.6) is 17.2 Å². The molecule has 3 fully saturated rings. The van der Waals surface area contributed by atoms with E-state index in [2.05, 4.69) is 5.32 Å². The molecule has 0 bridgehead atoms. The molecule has 3 aliphatic carbocycles. The van der Waals surface area contributed by atoms with E-state index in [0.717, 1.165) is 19.1 Å². The molecule has 0 radical (unpaired) electrons. The third-order valence-corrected chi connectivity index (χ3v) is 13.2. The van der Waals surface area contributed by atoms with Crippen LogP contribution in [0, 0.1) is 0 Å². The molecule has 20 heteroatoms. The number of ketones is 2. The van der Waals surface area contributed by atoms with E-state index >= 15 is 0 Å². The zero-order valence-electron chi connectivity index (χ0n) is 35.3. The molecule has 1 saturated carbocycles. The number of amides is 1. The van der Waals surface area contributed by atoms with Crippen molar-refractivity contribution in [2.75, 3.05) is 5.32 Å². The first-order chi connectivity index (χ1) is 31.1. The van der Waals surface area contributed by atoms with Gasteiger partial charge in [0.2, 0.25) is 17.3 Å². The SMILES string of the molecule is CC(=O)O[C@@H]1[C@@H](C)O[C@@H](c2ccc3c(c2O)[C@H](O)[C@]24O[C@@]2(C3=O)[C@@]2(O)C(=O)C=C(C)C[C@@]2(O)C[C@@H]4O)C[C@H]1OC(=O)/C=C/C=C/C=C/CCC(=O)Nc1c(O)c2ccc(O)c(Cl)c2oc1=O. The number of benzene rings is 2. The number of epoxide rings is 1. The summed E-state index contributed by atoms with van der Waals surface area (Å²) in [6.07, 6.45) is 0.705. The summed E-state index contributed by atoms with van der Waals surface area (Å²) in [6, 6.07) is 4.99. The predicted octanol–water partition coefficient (Wildman–Crippen LogP) is 3.23. The van der Waals surface area contributed by atoms with Crippen molar-refractivity contribution in [3.8, 4) is 17.2 Å². The molecule has 5 aliphatic rings.